The predicted molar refractivity (Wildman–Crippen MR) is 81.3 cm³/mol. The molecule has 1 N–H and O–H groups in total. The molecule has 0 aliphatic heterocycles. The molecule has 2 aromatic rings. The van der Waals surface area contributed by atoms with Crippen LogP contribution in [0.15, 0.2) is 18.2 Å². The number of rotatable bonds is 6. The monoisotopic (exact) mass is 311 g/mol. The molecule has 1 amide bonds. The van der Waals surface area contributed by atoms with Crippen molar-refractivity contribution < 1.29 is 18.7 Å². The molecule has 0 saturated carbocycles. The summed E-state index contributed by atoms with van der Waals surface area (Å²) in [5.41, 5.74) is 0.595. The summed E-state index contributed by atoms with van der Waals surface area (Å²) in [6, 6.07) is 4.72. The first kappa shape index (κ1) is 15.9. The molecule has 1 atom stereocenters. The van der Waals surface area contributed by atoms with Crippen LogP contribution in [0.3, 0.4) is 0 Å². The largest absolute Gasteiger partial charge is 0.383 e. The van der Waals surface area contributed by atoms with Crippen LogP contribution in [-0.4, -0.2) is 32.8 Å². The van der Waals surface area contributed by atoms with Gasteiger partial charge in [-0.3, -0.25) is 4.79 Å². The van der Waals surface area contributed by atoms with Crippen molar-refractivity contribution in [3.05, 3.63) is 34.5 Å². The SMILES string of the molecule is COCc1c(C(=O)NC(C)COC)sc2cccc(F)c12. The quantitative estimate of drug-likeness (QED) is 0.892. The first-order valence-electron chi connectivity index (χ1n) is 6.57. The third-order valence-corrected chi connectivity index (χ3v) is 4.25. The Hall–Kier alpha value is -1.50. The lowest BCUT2D eigenvalue weighted by molar-refractivity contribution is 0.0905. The van der Waals surface area contributed by atoms with Crippen LogP contribution in [0.2, 0.25) is 0 Å². The molecule has 114 valence electrons. The lowest BCUT2D eigenvalue weighted by Crippen LogP contribution is -2.35. The van der Waals surface area contributed by atoms with Gasteiger partial charge in [-0.05, 0) is 19.1 Å². The molecule has 0 spiro atoms. The third-order valence-electron chi connectivity index (χ3n) is 3.05. The molecule has 4 nitrogen and oxygen atoms in total. The number of fused-ring (bicyclic) bond motifs is 1. The van der Waals surface area contributed by atoms with Crippen molar-refractivity contribution in [1.29, 1.82) is 0 Å². The first-order valence-corrected chi connectivity index (χ1v) is 7.38. The zero-order valence-electron chi connectivity index (χ0n) is 12.2. The van der Waals surface area contributed by atoms with Gasteiger partial charge in [-0.1, -0.05) is 6.07 Å². The van der Waals surface area contributed by atoms with Crippen LogP contribution in [0.5, 0.6) is 0 Å². The summed E-state index contributed by atoms with van der Waals surface area (Å²) < 4.78 is 24.9. The number of methoxy groups -OCH3 is 2. The van der Waals surface area contributed by atoms with E-state index in [2.05, 4.69) is 5.32 Å². The van der Waals surface area contributed by atoms with Crippen LogP contribution >= 0.6 is 11.3 Å². The van der Waals surface area contributed by atoms with Gasteiger partial charge in [-0.2, -0.15) is 0 Å². The van der Waals surface area contributed by atoms with Gasteiger partial charge in [0, 0.05) is 35.9 Å². The van der Waals surface area contributed by atoms with Gasteiger partial charge in [0.15, 0.2) is 0 Å². The number of ether oxygens (including phenoxy) is 2. The van der Waals surface area contributed by atoms with Crippen molar-refractivity contribution >= 4 is 27.3 Å². The molecule has 0 aliphatic rings. The molecule has 1 aromatic carbocycles. The Morgan fingerprint density at radius 1 is 1.38 bits per heavy atom. The maximum atomic E-state index is 14.0. The Morgan fingerprint density at radius 2 is 2.14 bits per heavy atom. The van der Waals surface area contributed by atoms with E-state index in [0.717, 1.165) is 4.70 Å². The lowest BCUT2D eigenvalue weighted by atomic mass is 10.1. The third kappa shape index (κ3) is 3.40. The second kappa shape index (κ2) is 6.98. The van der Waals surface area contributed by atoms with E-state index in [9.17, 15) is 9.18 Å². The van der Waals surface area contributed by atoms with Crippen molar-refractivity contribution in [3.63, 3.8) is 0 Å². The second-order valence-electron chi connectivity index (χ2n) is 4.79. The maximum Gasteiger partial charge on any atom is 0.262 e. The molecule has 0 saturated heterocycles. The summed E-state index contributed by atoms with van der Waals surface area (Å²) >= 11 is 1.27. The number of amides is 1. The molecule has 21 heavy (non-hydrogen) atoms. The van der Waals surface area contributed by atoms with E-state index in [1.54, 1.807) is 19.2 Å². The average Bonchev–Trinajstić information content (AvgIpc) is 2.80. The Bertz CT molecular complexity index is 641. The summed E-state index contributed by atoms with van der Waals surface area (Å²) in [6.07, 6.45) is 0. The summed E-state index contributed by atoms with van der Waals surface area (Å²) in [5, 5.41) is 3.31. The topological polar surface area (TPSA) is 47.6 Å². The second-order valence-corrected chi connectivity index (χ2v) is 5.84. The fourth-order valence-electron chi connectivity index (χ4n) is 2.21. The van der Waals surface area contributed by atoms with Crippen LogP contribution in [-0.2, 0) is 16.1 Å². The van der Waals surface area contributed by atoms with Crippen LogP contribution < -0.4 is 5.32 Å². The molecular formula is C15H18FNO3S. The highest BCUT2D eigenvalue weighted by atomic mass is 32.1. The number of carbonyl (C=O) groups excluding carboxylic acids is 1. The molecule has 0 fully saturated rings. The van der Waals surface area contributed by atoms with E-state index in [4.69, 9.17) is 9.47 Å². The predicted octanol–water partition coefficient (Wildman–Crippen LogP) is 2.95. The van der Waals surface area contributed by atoms with Gasteiger partial charge in [-0.25, -0.2) is 4.39 Å². The molecule has 0 aliphatic carbocycles. The van der Waals surface area contributed by atoms with E-state index in [-0.39, 0.29) is 24.4 Å². The van der Waals surface area contributed by atoms with E-state index in [1.807, 2.05) is 6.92 Å². The normalized spacial score (nSPS) is 12.6. The van der Waals surface area contributed by atoms with Crippen molar-refractivity contribution in [2.75, 3.05) is 20.8 Å². The summed E-state index contributed by atoms with van der Waals surface area (Å²) in [4.78, 5) is 12.9. The maximum absolute atomic E-state index is 14.0. The number of benzene rings is 1. The van der Waals surface area contributed by atoms with Crippen LogP contribution in [0.25, 0.3) is 10.1 Å². The van der Waals surface area contributed by atoms with Crippen molar-refractivity contribution in [2.45, 2.75) is 19.6 Å². The summed E-state index contributed by atoms with van der Waals surface area (Å²) in [7, 11) is 3.10. The highest BCUT2D eigenvalue weighted by molar-refractivity contribution is 7.21. The molecule has 6 heteroatoms. The number of nitrogens with one attached hydrogen (secondary N) is 1. The lowest BCUT2D eigenvalue weighted by Gasteiger charge is -2.12. The Balaban J connectivity index is 2.40. The molecule has 2 rings (SSSR count). The van der Waals surface area contributed by atoms with Crippen molar-refractivity contribution in [1.82, 2.24) is 5.32 Å². The van der Waals surface area contributed by atoms with Gasteiger partial charge in [0.05, 0.1) is 18.1 Å². The van der Waals surface area contributed by atoms with E-state index in [1.165, 1.54) is 24.5 Å². The fraction of sp³-hybridized carbons (Fsp3) is 0.400. The molecule has 1 heterocycles. The van der Waals surface area contributed by atoms with Gasteiger partial charge in [0.1, 0.15) is 5.82 Å². The van der Waals surface area contributed by atoms with E-state index >= 15 is 0 Å². The number of hydrogen-bond donors (Lipinski definition) is 1. The minimum Gasteiger partial charge on any atom is -0.383 e. The van der Waals surface area contributed by atoms with Gasteiger partial charge in [-0.15, -0.1) is 11.3 Å². The van der Waals surface area contributed by atoms with Gasteiger partial charge < -0.3 is 14.8 Å². The smallest absolute Gasteiger partial charge is 0.262 e. The molecule has 0 radical (unpaired) electrons. The Labute approximate surface area is 126 Å². The zero-order chi connectivity index (χ0) is 15.4. The molecule has 1 unspecified atom stereocenters. The number of hydrogen-bond acceptors (Lipinski definition) is 4. The fourth-order valence-corrected chi connectivity index (χ4v) is 3.34. The minimum absolute atomic E-state index is 0.118. The highest BCUT2D eigenvalue weighted by Crippen LogP contribution is 2.33. The highest BCUT2D eigenvalue weighted by Gasteiger charge is 2.21. The van der Waals surface area contributed by atoms with Crippen molar-refractivity contribution in [3.8, 4) is 0 Å². The number of thiophene rings is 1. The van der Waals surface area contributed by atoms with Gasteiger partial charge in [0.25, 0.3) is 5.91 Å². The number of halogens is 1. The molecule has 1 aromatic heterocycles. The molecular weight excluding hydrogens is 293 g/mol. The summed E-state index contributed by atoms with van der Waals surface area (Å²) in [5.74, 6) is -0.563. The van der Waals surface area contributed by atoms with E-state index in [0.29, 0.717) is 22.4 Å². The number of carbonyl (C=O) groups is 1. The standard InChI is InChI=1S/C15H18FNO3S/c1-9(7-19-2)17-15(18)14-10(8-20-3)13-11(16)5-4-6-12(13)21-14/h4-6,9H,7-8H2,1-3H3,(H,17,18). The Morgan fingerprint density at radius 3 is 2.81 bits per heavy atom. The van der Waals surface area contributed by atoms with Gasteiger partial charge in [0.2, 0.25) is 0 Å². The van der Waals surface area contributed by atoms with Crippen LogP contribution in [0.4, 0.5) is 4.39 Å². The van der Waals surface area contributed by atoms with Crippen LogP contribution in [0.1, 0.15) is 22.2 Å². The molecule has 0 bridgehead atoms. The summed E-state index contributed by atoms with van der Waals surface area (Å²) in [6.45, 7) is 2.47. The van der Waals surface area contributed by atoms with E-state index < -0.39 is 0 Å². The van der Waals surface area contributed by atoms with Crippen molar-refractivity contribution in [2.24, 2.45) is 0 Å². The van der Waals surface area contributed by atoms with Gasteiger partial charge >= 0.3 is 0 Å². The average molecular weight is 311 g/mol. The minimum atomic E-state index is -0.334. The Kier molecular flexibility index (Phi) is 5.27. The zero-order valence-corrected chi connectivity index (χ0v) is 13.1. The first-order chi connectivity index (χ1) is 10.1. The van der Waals surface area contributed by atoms with Crippen LogP contribution in [0, 0.1) is 5.82 Å².